The van der Waals surface area contributed by atoms with Gasteiger partial charge in [0.25, 0.3) is 0 Å². The molecule has 0 aliphatic carbocycles. The predicted octanol–water partition coefficient (Wildman–Crippen LogP) is 13.9. The van der Waals surface area contributed by atoms with Crippen LogP contribution in [0.15, 0.2) is 6.07 Å². The Labute approximate surface area is 265 Å². The maximum absolute atomic E-state index is 4.81. The summed E-state index contributed by atoms with van der Waals surface area (Å²) in [4.78, 5) is 9.62. The SMILES string of the molecule is C[CH]c1nc(CCCCCCCCCCCCCCCCC)cc(CCCCCCCCCCCCCCCCC)n1. The Bertz CT molecular complexity index is 617. The van der Waals surface area contributed by atoms with Crippen molar-refractivity contribution in [2.75, 3.05) is 0 Å². The van der Waals surface area contributed by atoms with Crippen LogP contribution in [0.4, 0.5) is 0 Å². The smallest absolute Gasteiger partial charge is 0.132 e. The van der Waals surface area contributed by atoms with Crippen LogP contribution < -0.4 is 0 Å². The number of aryl methyl sites for hydroxylation is 2. The zero-order chi connectivity index (χ0) is 30.2. The minimum atomic E-state index is 0.935. The fourth-order valence-corrected chi connectivity index (χ4v) is 6.32. The van der Waals surface area contributed by atoms with Gasteiger partial charge in [-0.1, -0.05) is 201 Å². The van der Waals surface area contributed by atoms with Gasteiger partial charge in [-0.05, 0) is 31.7 Å². The highest BCUT2D eigenvalue weighted by atomic mass is 14.9. The lowest BCUT2D eigenvalue weighted by Crippen LogP contribution is -2.02. The summed E-state index contributed by atoms with van der Waals surface area (Å²) < 4.78 is 0. The number of hydrogen-bond donors (Lipinski definition) is 0. The first-order chi connectivity index (χ1) is 20.8. The van der Waals surface area contributed by atoms with E-state index in [1.807, 2.05) is 0 Å². The molecule has 1 aromatic heterocycles. The molecule has 1 rings (SSSR count). The summed E-state index contributed by atoms with van der Waals surface area (Å²) in [5.74, 6) is 0.935. The second kappa shape index (κ2) is 31.5. The van der Waals surface area contributed by atoms with Crippen molar-refractivity contribution in [2.24, 2.45) is 0 Å². The van der Waals surface area contributed by atoms with Gasteiger partial charge in [-0.15, -0.1) is 0 Å². The maximum atomic E-state index is 4.81. The van der Waals surface area contributed by atoms with Crippen molar-refractivity contribution in [2.45, 2.75) is 226 Å². The molecule has 1 radical (unpaired) electrons. The molecule has 0 aromatic carbocycles. The monoisotopic (exact) mass is 584 g/mol. The summed E-state index contributed by atoms with van der Waals surface area (Å²) in [5, 5.41) is 0. The normalized spacial score (nSPS) is 11.5. The van der Waals surface area contributed by atoms with Crippen LogP contribution in [0.2, 0.25) is 0 Å². The molecule has 0 aliphatic rings. The van der Waals surface area contributed by atoms with Gasteiger partial charge in [-0.25, -0.2) is 9.97 Å². The van der Waals surface area contributed by atoms with Crippen molar-refractivity contribution in [3.8, 4) is 0 Å². The van der Waals surface area contributed by atoms with Gasteiger partial charge in [-0.3, -0.25) is 0 Å². The van der Waals surface area contributed by atoms with Crippen LogP contribution in [0.5, 0.6) is 0 Å². The van der Waals surface area contributed by atoms with Crippen molar-refractivity contribution < 1.29 is 0 Å². The third-order valence-electron chi connectivity index (χ3n) is 9.18. The molecule has 0 N–H and O–H groups in total. The molecule has 0 atom stereocenters. The minimum Gasteiger partial charge on any atom is -0.238 e. The lowest BCUT2D eigenvalue weighted by atomic mass is 10.0. The Kier molecular flexibility index (Phi) is 29.3. The molecule has 0 bridgehead atoms. The zero-order valence-corrected chi connectivity index (χ0v) is 29.2. The molecule has 0 fully saturated rings. The Morgan fingerprint density at radius 1 is 0.381 bits per heavy atom. The van der Waals surface area contributed by atoms with Crippen LogP contribution in [0.25, 0.3) is 0 Å². The standard InChI is InChI=1S/C40H75N2/c1-4-7-9-11-13-15-17-19-21-23-25-27-29-31-33-35-38-37-39(42-40(6-3)41-38)36-34-32-30-28-26-24-22-20-18-16-14-12-10-8-5-2/h6,37H,4-5,7-36H2,1-3H3. The molecule has 1 aromatic rings. The average Bonchev–Trinajstić information content (AvgIpc) is 3.01. The average molecular weight is 584 g/mol. The summed E-state index contributed by atoms with van der Waals surface area (Å²) in [6, 6.07) is 2.31. The zero-order valence-electron chi connectivity index (χ0n) is 29.2. The molecule has 0 spiro atoms. The van der Waals surface area contributed by atoms with Crippen LogP contribution in [0, 0.1) is 6.42 Å². The molecule has 1 heterocycles. The Hall–Kier alpha value is -0.920. The van der Waals surface area contributed by atoms with Gasteiger partial charge < -0.3 is 0 Å². The molecule has 0 saturated heterocycles. The highest BCUT2D eigenvalue weighted by Gasteiger charge is 2.05. The van der Waals surface area contributed by atoms with E-state index in [1.165, 1.54) is 204 Å². The van der Waals surface area contributed by atoms with E-state index in [2.05, 4.69) is 33.3 Å². The fourth-order valence-electron chi connectivity index (χ4n) is 6.32. The van der Waals surface area contributed by atoms with E-state index >= 15 is 0 Å². The van der Waals surface area contributed by atoms with Crippen molar-refractivity contribution in [1.82, 2.24) is 9.97 Å². The molecule has 0 unspecified atom stereocenters. The van der Waals surface area contributed by atoms with E-state index in [4.69, 9.17) is 9.97 Å². The molecule has 245 valence electrons. The highest BCUT2D eigenvalue weighted by Crippen LogP contribution is 2.17. The maximum Gasteiger partial charge on any atom is 0.132 e. The molecular weight excluding hydrogens is 508 g/mol. The van der Waals surface area contributed by atoms with Crippen molar-refractivity contribution in [3.05, 3.63) is 29.7 Å². The first kappa shape index (κ1) is 39.1. The number of hydrogen-bond acceptors (Lipinski definition) is 2. The van der Waals surface area contributed by atoms with Crippen LogP contribution in [-0.4, -0.2) is 9.97 Å². The summed E-state index contributed by atoms with van der Waals surface area (Å²) in [7, 11) is 0. The second-order valence-corrected chi connectivity index (χ2v) is 13.4. The summed E-state index contributed by atoms with van der Waals surface area (Å²) in [6.07, 6.45) is 46.9. The van der Waals surface area contributed by atoms with Gasteiger partial charge in [-0.2, -0.15) is 0 Å². The van der Waals surface area contributed by atoms with E-state index in [9.17, 15) is 0 Å². The third-order valence-corrected chi connectivity index (χ3v) is 9.18. The van der Waals surface area contributed by atoms with E-state index < -0.39 is 0 Å². The van der Waals surface area contributed by atoms with Gasteiger partial charge in [0.15, 0.2) is 0 Å². The number of aromatic nitrogens is 2. The molecular formula is C40H75N2. The first-order valence-corrected chi connectivity index (χ1v) is 19.5. The van der Waals surface area contributed by atoms with Gasteiger partial charge >= 0.3 is 0 Å². The quantitative estimate of drug-likeness (QED) is 0.0769. The third kappa shape index (κ3) is 25.6. The Balaban J connectivity index is 1.99. The summed E-state index contributed by atoms with van der Waals surface area (Å²) in [6.45, 7) is 6.68. The van der Waals surface area contributed by atoms with E-state index in [0.29, 0.717) is 0 Å². The minimum absolute atomic E-state index is 0.935. The first-order valence-electron chi connectivity index (χ1n) is 19.5. The van der Waals surface area contributed by atoms with Gasteiger partial charge in [0.2, 0.25) is 0 Å². The highest BCUT2D eigenvalue weighted by molar-refractivity contribution is 5.15. The topological polar surface area (TPSA) is 25.8 Å². The molecule has 2 heteroatoms. The van der Waals surface area contributed by atoms with Gasteiger partial charge in [0.1, 0.15) is 5.82 Å². The van der Waals surface area contributed by atoms with Gasteiger partial charge in [0.05, 0.1) is 0 Å². The lowest BCUT2D eigenvalue weighted by Gasteiger charge is -2.08. The summed E-state index contributed by atoms with van der Waals surface area (Å²) in [5.41, 5.74) is 2.53. The van der Waals surface area contributed by atoms with Gasteiger partial charge in [0, 0.05) is 17.8 Å². The van der Waals surface area contributed by atoms with Crippen LogP contribution in [0.3, 0.4) is 0 Å². The van der Waals surface area contributed by atoms with Crippen molar-refractivity contribution in [3.63, 3.8) is 0 Å². The predicted molar refractivity (Wildman–Crippen MR) is 188 cm³/mol. The second-order valence-electron chi connectivity index (χ2n) is 13.4. The van der Waals surface area contributed by atoms with E-state index in [1.54, 1.807) is 0 Å². The molecule has 0 amide bonds. The Morgan fingerprint density at radius 3 is 0.857 bits per heavy atom. The number of nitrogens with zero attached hydrogens (tertiary/aromatic N) is 2. The number of unbranched alkanes of at least 4 members (excludes halogenated alkanes) is 28. The van der Waals surface area contributed by atoms with E-state index in [-0.39, 0.29) is 0 Å². The molecule has 0 saturated carbocycles. The fraction of sp³-hybridized carbons (Fsp3) is 0.875. The van der Waals surface area contributed by atoms with Crippen LogP contribution in [0.1, 0.15) is 231 Å². The molecule has 0 aliphatic heterocycles. The molecule has 2 nitrogen and oxygen atoms in total. The summed E-state index contributed by atoms with van der Waals surface area (Å²) >= 11 is 0. The van der Waals surface area contributed by atoms with Crippen molar-refractivity contribution in [1.29, 1.82) is 0 Å². The van der Waals surface area contributed by atoms with Crippen molar-refractivity contribution >= 4 is 0 Å². The number of rotatable bonds is 33. The van der Waals surface area contributed by atoms with Crippen LogP contribution in [-0.2, 0) is 12.8 Å². The van der Waals surface area contributed by atoms with E-state index in [0.717, 1.165) is 18.7 Å². The lowest BCUT2D eigenvalue weighted by molar-refractivity contribution is 0.531. The Morgan fingerprint density at radius 2 is 0.619 bits per heavy atom. The molecule has 42 heavy (non-hydrogen) atoms. The van der Waals surface area contributed by atoms with Crippen LogP contribution >= 0.6 is 0 Å². The largest absolute Gasteiger partial charge is 0.238 e.